The number of imidazole rings is 1. The molecule has 1 heterocycles. The van der Waals surface area contributed by atoms with Crippen LogP contribution in [0.1, 0.15) is 44.7 Å². The largest absolute Gasteiger partial charge is 0.573 e. The zero-order valence-electron chi connectivity index (χ0n) is 24.4. The minimum Gasteiger partial charge on any atom is -0.484 e. The van der Waals surface area contributed by atoms with Gasteiger partial charge in [0.05, 0.1) is 16.6 Å². The van der Waals surface area contributed by atoms with E-state index in [2.05, 4.69) is 35.8 Å². The molecule has 7 nitrogen and oxygen atoms in total. The second-order valence-corrected chi connectivity index (χ2v) is 11.7. The number of aromatic nitrogens is 2. The molecule has 0 spiro atoms. The minimum atomic E-state index is -4.81. The number of allylic oxidation sites excluding steroid dienone is 1. The van der Waals surface area contributed by atoms with E-state index in [1.54, 1.807) is 18.2 Å². The van der Waals surface area contributed by atoms with E-state index < -0.39 is 30.6 Å². The number of carbonyl (C=O) groups excluding carboxylic acids is 1. The molecule has 0 unspecified atom stereocenters. The highest BCUT2D eigenvalue weighted by Crippen LogP contribution is 2.45. The van der Waals surface area contributed by atoms with Crippen molar-refractivity contribution in [2.45, 2.75) is 51.7 Å². The lowest BCUT2D eigenvalue weighted by molar-refractivity contribution is -0.274. The van der Waals surface area contributed by atoms with Gasteiger partial charge in [-0.25, -0.2) is 4.98 Å². The van der Waals surface area contributed by atoms with Crippen molar-refractivity contribution in [3.63, 3.8) is 0 Å². The van der Waals surface area contributed by atoms with Gasteiger partial charge in [0.1, 0.15) is 11.5 Å². The third-order valence-corrected chi connectivity index (χ3v) is 7.25. The van der Waals surface area contributed by atoms with Crippen molar-refractivity contribution >= 4 is 34.3 Å². The first-order valence-corrected chi connectivity index (χ1v) is 14.0. The number of carbonyl (C=O) groups is 1. The Morgan fingerprint density at radius 1 is 1.00 bits per heavy atom. The van der Waals surface area contributed by atoms with E-state index in [1.165, 1.54) is 36.4 Å². The fourth-order valence-electron chi connectivity index (χ4n) is 5.66. The van der Waals surface area contributed by atoms with Gasteiger partial charge in [-0.05, 0) is 79.3 Å². The van der Waals surface area contributed by atoms with E-state index in [1.807, 2.05) is 4.57 Å². The lowest BCUT2D eigenvalue weighted by atomic mass is 9.73. The number of hydrogen-bond donors (Lipinski definition) is 2. The van der Waals surface area contributed by atoms with E-state index in [9.17, 15) is 31.1 Å². The van der Waals surface area contributed by atoms with Gasteiger partial charge in [0.25, 0.3) is 5.91 Å². The van der Waals surface area contributed by atoms with Crippen molar-refractivity contribution in [3.05, 3.63) is 84.4 Å². The number of fused-ring (bicyclic) bond motifs is 1. The molecule has 3 aromatic carbocycles. The number of halogens is 6. The third kappa shape index (κ3) is 8.08. The Bertz CT molecular complexity index is 1710. The van der Waals surface area contributed by atoms with Gasteiger partial charge in [0.2, 0.25) is 5.95 Å². The number of nitrogens with zero attached hydrogens (tertiary/aromatic N) is 2. The fourth-order valence-corrected chi connectivity index (χ4v) is 5.66. The zero-order valence-corrected chi connectivity index (χ0v) is 24.4. The summed E-state index contributed by atoms with van der Waals surface area (Å²) in [4.78, 5) is 17.2. The summed E-state index contributed by atoms with van der Waals surface area (Å²) in [5.74, 6) is -0.252. The summed E-state index contributed by atoms with van der Waals surface area (Å²) in [6, 6.07) is 14.7. The highest BCUT2D eigenvalue weighted by atomic mass is 19.4. The van der Waals surface area contributed by atoms with E-state index in [0.717, 1.165) is 36.1 Å². The molecule has 1 fully saturated rings. The van der Waals surface area contributed by atoms with Crippen LogP contribution in [0, 0.1) is 5.41 Å². The van der Waals surface area contributed by atoms with Crippen LogP contribution in [0.25, 0.3) is 11.0 Å². The Kier molecular flexibility index (Phi) is 8.47. The van der Waals surface area contributed by atoms with Gasteiger partial charge in [0.15, 0.2) is 6.61 Å². The quantitative estimate of drug-likeness (QED) is 0.150. The van der Waals surface area contributed by atoms with Crippen LogP contribution in [0.2, 0.25) is 0 Å². The molecule has 5 rings (SSSR count). The summed E-state index contributed by atoms with van der Waals surface area (Å²) in [5, 5.41) is 5.60. The number of benzene rings is 3. The van der Waals surface area contributed by atoms with Gasteiger partial charge >= 0.3 is 12.5 Å². The van der Waals surface area contributed by atoms with Gasteiger partial charge in [-0.1, -0.05) is 32.1 Å². The van der Waals surface area contributed by atoms with Gasteiger partial charge in [-0.15, -0.1) is 13.2 Å². The van der Waals surface area contributed by atoms with Gasteiger partial charge in [0, 0.05) is 23.5 Å². The summed E-state index contributed by atoms with van der Waals surface area (Å²) in [6.07, 6.45) is -6.96. The number of amides is 1. The Morgan fingerprint density at radius 2 is 1.71 bits per heavy atom. The van der Waals surface area contributed by atoms with Crippen molar-refractivity contribution in [3.8, 4) is 11.5 Å². The summed E-state index contributed by atoms with van der Waals surface area (Å²) in [6.45, 7) is 8.09. The van der Waals surface area contributed by atoms with Crippen LogP contribution < -0.4 is 20.1 Å². The van der Waals surface area contributed by atoms with Crippen molar-refractivity contribution < 1.29 is 40.6 Å². The molecular formula is C32H30F6N4O3. The Hall–Kier alpha value is -4.68. The average Bonchev–Trinajstić information content (AvgIpc) is 3.28. The molecule has 1 atom stereocenters. The maximum Gasteiger partial charge on any atom is 0.573 e. The third-order valence-electron chi connectivity index (χ3n) is 7.25. The number of anilines is 3. The standard InChI is InChI=1S/C32H30F6N4O3/c1-19-13-23(17-30(2,3)16-19)42-27-12-11-25(44-18-28(43)39-22-6-4-5-20(14-22)31(33,34)35)15-26(27)41-29(42)40-21-7-9-24(10-8-21)45-32(36,37)38/h4-12,14-15,23H,1,13,16-18H2,2-3H3,(H,39,43)(H,40,41)/t23-/m0/s1. The van der Waals surface area contributed by atoms with Crippen LogP contribution >= 0.6 is 0 Å². The fraction of sp³-hybridized carbons (Fsp3) is 0.312. The minimum absolute atomic E-state index is 0.0154. The highest BCUT2D eigenvalue weighted by molar-refractivity contribution is 5.92. The lowest BCUT2D eigenvalue weighted by Gasteiger charge is -2.38. The van der Waals surface area contributed by atoms with E-state index in [0.29, 0.717) is 29.3 Å². The molecule has 4 aromatic rings. The number of nitrogens with one attached hydrogen (secondary N) is 2. The van der Waals surface area contributed by atoms with E-state index >= 15 is 0 Å². The monoisotopic (exact) mass is 632 g/mol. The molecular weight excluding hydrogens is 602 g/mol. The molecule has 1 aliphatic rings. The maximum atomic E-state index is 13.0. The first kappa shape index (κ1) is 31.7. The molecule has 1 amide bonds. The number of ether oxygens (including phenoxy) is 2. The Morgan fingerprint density at radius 3 is 2.38 bits per heavy atom. The molecule has 1 saturated carbocycles. The number of rotatable bonds is 8. The number of hydrogen-bond acceptors (Lipinski definition) is 5. The summed E-state index contributed by atoms with van der Waals surface area (Å²) in [7, 11) is 0. The van der Waals surface area contributed by atoms with Gasteiger partial charge in [-0.3, -0.25) is 4.79 Å². The van der Waals surface area contributed by atoms with Crippen LogP contribution in [0.4, 0.5) is 43.7 Å². The second kappa shape index (κ2) is 12.0. The van der Waals surface area contributed by atoms with Crippen LogP contribution in [0.5, 0.6) is 11.5 Å². The first-order valence-electron chi connectivity index (χ1n) is 14.0. The second-order valence-electron chi connectivity index (χ2n) is 11.7. The van der Waals surface area contributed by atoms with Gasteiger partial charge < -0.3 is 24.7 Å². The van der Waals surface area contributed by atoms with Crippen molar-refractivity contribution in [2.75, 3.05) is 17.2 Å². The summed E-state index contributed by atoms with van der Waals surface area (Å²) >= 11 is 0. The maximum absolute atomic E-state index is 13.0. The molecule has 0 radical (unpaired) electrons. The zero-order chi connectivity index (χ0) is 32.6. The molecule has 13 heteroatoms. The molecule has 0 bridgehead atoms. The van der Waals surface area contributed by atoms with Crippen LogP contribution in [0.3, 0.4) is 0 Å². The van der Waals surface area contributed by atoms with Crippen LogP contribution in [-0.4, -0.2) is 28.4 Å². The number of alkyl halides is 6. The first-order chi connectivity index (χ1) is 21.0. The summed E-state index contributed by atoms with van der Waals surface area (Å²) in [5.41, 5.74) is 1.92. The molecule has 0 saturated heterocycles. The molecule has 1 aromatic heterocycles. The van der Waals surface area contributed by atoms with Crippen molar-refractivity contribution in [1.29, 1.82) is 0 Å². The Labute approximate surface area is 254 Å². The predicted molar refractivity (Wildman–Crippen MR) is 158 cm³/mol. The Balaban J connectivity index is 1.38. The normalized spacial score (nSPS) is 16.8. The van der Waals surface area contributed by atoms with Gasteiger partial charge in [-0.2, -0.15) is 13.2 Å². The molecule has 2 N–H and O–H groups in total. The van der Waals surface area contributed by atoms with E-state index in [4.69, 9.17) is 9.72 Å². The van der Waals surface area contributed by atoms with Crippen LogP contribution in [-0.2, 0) is 11.0 Å². The van der Waals surface area contributed by atoms with E-state index in [-0.39, 0.29) is 22.9 Å². The molecule has 1 aliphatic carbocycles. The van der Waals surface area contributed by atoms with Crippen LogP contribution in [0.15, 0.2) is 78.9 Å². The summed E-state index contributed by atoms with van der Waals surface area (Å²) < 4.78 is 88.5. The smallest absolute Gasteiger partial charge is 0.484 e. The lowest BCUT2D eigenvalue weighted by Crippen LogP contribution is -2.26. The molecule has 238 valence electrons. The van der Waals surface area contributed by atoms with Crippen molar-refractivity contribution in [2.24, 2.45) is 5.41 Å². The SMILES string of the molecule is C=C1C[C@H](n2c(Nc3ccc(OC(F)(F)F)cc3)nc3cc(OCC(=O)Nc4cccc(C(F)(F)F)c4)ccc32)CC(C)(C)C1. The molecule has 0 aliphatic heterocycles. The van der Waals surface area contributed by atoms with Crippen molar-refractivity contribution in [1.82, 2.24) is 9.55 Å². The topological polar surface area (TPSA) is 77.4 Å². The predicted octanol–water partition coefficient (Wildman–Crippen LogP) is 9.02. The highest BCUT2D eigenvalue weighted by Gasteiger charge is 2.34. The molecule has 45 heavy (non-hydrogen) atoms. The average molecular weight is 633 g/mol.